The molecule has 1 fully saturated rings. The Balaban J connectivity index is 1.52. The number of nitrogens with one attached hydrogen (secondary N) is 2. The van der Waals surface area contributed by atoms with Crippen molar-refractivity contribution >= 4 is 27.7 Å². The quantitative estimate of drug-likeness (QED) is 0.0699. The Kier molecular flexibility index (Phi) is 12.0. The molecule has 2 heterocycles. The van der Waals surface area contributed by atoms with Crippen molar-refractivity contribution < 1.29 is 24.1 Å². The number of azide groups is 1. The van der Waals surface area contributed by atoms with E-state index in [9.17, 15) is 4.79 Å². The minimum absolute atomic E-state index is 0.0506. The minimum Gasteiger partial charge on any atom is -0.494 e. The molecule has 2 aliphatic rings. The number of hydrogen-bond donors (Lipinski definition) is 3. The van der Waals surface area contributed by atoms with Gasteiger partial charge in [-0.1, -0.05) is 63.5 Å². The molecular formula is C33H38BrN7O5. The third-order valence-electron chi connectivity index (χ3n) is 7.95. The summed E-state index contributed by atoms with van der Waals surface area (Å²) in [6, 6.07) is 22.5. The van der Waals surface area contributed by atoms with E-state index >= 15 is 0 Å². The van der Waals surface area contributed by atoms with Gasteiger partial charge in [0.1, 0.15) is 5.75 Å². The van der Waals surface area contributed by atoms with E-state index in [1.165, 1.54) is 0 Å². The highest BCUT2D eigenvalue weighted by molar-refractivity contribution is 9.10. The normalized spacial score (nSPS) is 19.5. The molecule has 3 N–H and O–H groups in total. The molecule has 1 amide bonds. The topological polar surface area (TPSA) is 153 Å². The fourth-order valence-corrected chi connectivity index (χ4v) is 5.95. The summed E-state index contributed by atoms with van der Waals surface area (Å²) in [5.74, 6) is 0.600. The first-order valence-electron chi connectivity index (χ1n) is 15.3. The summed E-state index contributed by atoms with van der Waals surface area (Å²) in [5.41, 5.74) is 16.7. The van der Waals surface area contributed by atoms with E-state index in [0.717, 1.165) is 35.2 Å². The average Bonchev–Trinajstić information content (AvgIpc) is 3.48. The van der Waals surface area contributed by atoms with Crippen molar-refractivity contribution in [2.24, 2.45) is 10.1 Å². The maximum absolute atomic E-state index is 14.5. The van der Waals surface area contributed by atoms with Crippen molar-refractivity contribution in [1.29, 1.82) is 0 Å². The lowest BCUT2D eigenvalue weighted by atomic mass is 9.80. The fraction of sp³-hybridized carbons (Fsp3) is 0.394. The molecule has 0 aromatic heterocycles. The van der Waals surface area contributed by atoms with E-state index in [4.69, 9.17) is 29.8 Å². The summed E-state index contributed by atoms with van der Waals surface area (Å²) in [7, 11) is 0. The Morgan fingerprint density at radius 2 is 1.85 bits per heavy atom. The number of aliphatic hydroxyl groups is 1. The first kappa shape index (κ1) is 33.4. The summed E-state index contributed by atoms with van der Waals surface area (Å²) in [4.78, 5) is 24.8. The Morgan fingerprint density at radius 3 is 2.59 bits per heavy atom. The predicted octanol–water partition coefficient (Wildman–Crippen LogP) is 4.47. The number of morpholine rings is 1. The molecule has 3 aromatic carbocycles. The number of carbonyl (C=O) groups excluding carboxylic acids is 1. The smallest absolute Gasteiger partial charge is 0.266 e. The van der Waals surface area contributed by atoms with Crippen LogP contribution in [-0.2, 0) is 27.2 Å². The Morgan fingerprint density at radius 1 is 1.11 bits per heavy atom. The van der Waals surface area contributed by atoms with Gasteiger partial charge in [-0.25, -0.2) is 10.4 Å². The molecule has 0 spiro atoms. The number of halogens is 1. The van der Waals surface area contributed by atoms with E-state index in [2.05, 4.69) is 41.7 Å². The number of nitrogens with zero attached hydrogens (tertiary/aromatic N) is 5. The van der Waals surface area contributed by atoms with Crippen molar-refractivity contribution in [3.05, 3.63) is 110 Å². The van der Waals surface area contributed by atoms with Crippen LogP contribution in [0.2, 0.25) is 0 Å². The summed E-state index contributed by atoms with van der Waals surface area (Å²) in [6.45, 7) is 4.90. The zero-order chi connectivity index (χ0) is 32.2. The standard InChI is InChI=1S/C33H38BrN7O5/c34-29-9-4-2-6-25(29)22-33(32(43)39-36-14-15-41-16-20-44-21-17-41)30(28-8-3-1-7-26(28)23-37-40-35)46-31(38-33)24-10-12-27(13-11-24)45-19-5-18-42/h1-4,6-13,30,36,42H,5,14-23H2,(H,39,43)/t30-,33-/m0/s1. The van der Waals surface area contributed by atoms with Gasteiger partial charge < -0.3 is 19.3 Å². The van der Waals surface area contributed by atoms with E-state index < -0.39 is 11.6 Å². The van der Waals surface area contributed by atoms with Gasteiger partial charge in [0.15, 0.2) is 11.6 Å². The van der Waals surface area contributed by atoms with Gasteiger partial charge in [0.05, 0.1) is 26.4 Å². The number of amides is 1. The molecule has 3 aromatic rings. The molecule has 0 radical (unpaired) electrons. The van der Waals surface area contributed by atoms with E-state index in [-0.39, 0.29) is 25.5 Å². The highest BCUT2D eigenvalue weighted by Crippen LogP contribution is 2.44. The maximum Gasteiger partial charge on any atom is 0.266 e. The fourth-order valence-electron chi connectivity index (χ4n) is 5.52. The van der Waals surface area contributed by atoms with Crippen LogP contribution < -0.4 is 15.6 Å². The maximum atomic E-state index is 14.5. The van der Waals surface area contributed by atoms with Gasteiger partial charge in [-0.3, -0.25) is 15.1 Å². The third kappa shape index (κ3) is 8.24. The predicted molar refractivity (Wildman–Crippen MR) is 177 cm³/mol. The SMILES string of the molecule is [N-]=[N+]=NCc1ccccc1[C@@H]1OC(c2ccc(OCCCO)cc2)=N[C@]1(Cc1ccccc1Br)C(=O)NNCCN1CCOCC1. The number of hydrogen-bond acceptors (Lipinski definition) is 9. The van der Waals surface area contributed by atoms with Gasteiger partial charge in [-0.05, 0) is 52.6 Å². The number of carbonyl (C=O) groups is 1. The molecule has 0 aliphatic carbocycles. The Bertz CT molecular complexity index is 1540. The van der Waals surface area contributed by atoms with Gasteiger partial charge in [0.2, 0.25) is 5.90 Å². The summed E-state index contributed by atoms with van der Waals surface area (Å²) >= 11 is 3.67. The van der Waals surface area contributed by atoms with Gasteiger partial charge >= 0.3 is 0 Å². The summed E-state index contributed by atoms with van der Waals surface area (Å²) in [6.07, 6.45) is -0.0966. The first-order chi connectivity index (χ1) is 22.5. The summed E-state index contributed by atoms with van der Waals surface area (Å²) in [5, 5.41) is 12.9. The second-order valence-electron chi connectivity index (χ2n) is 11.0. The Labute approximate surface area is 276 Å². The molecule has 5 rings (SSSR count). The van der Waals surface area contributed by atoms with Crippen LogP contribution in [0.5, 0.6) is 5.75 Å². The number of aliphatic imine (C=N–C) groups is 1. The monoisotopic (exact) mass is 691 g/mol. The van der Waals surface area contributed by atoms with Crippen molar-refractivity contribution in [2.75, 3.05) is 52.6 Å². The second-order valence-corrected chi connectivity index (χ2v) is 11.8. The van der Waals surface area contributed by atoms with Crippen LogP contribution in [0.25, 0.3) is 10.4 Å². The number of hydrazine groups is 1. The number of benzene rings is 3. The molecule has 242 valence electrons. The number of rotatable bonds is 15. The Hall–Kier alpha value is -3.97. The molecular weight excluding hydrogens is 654 g/mol. The number of aliphatic hydroxyl groups excluding tert-OH is 1. The molecule has 2 aliphatic heterocycles. The van der Waals surface area contributed by atoms with E-state index in [0.29, 0.717) is 55.6 Å². The van der Waals surface area contributed by atoms with Crippen LogP contribution >= 0.6 is 15.9 Å². The van der Waals surface area contributed by atoms with Crippen molar-refractivity contribution in [3.63, 3.8) is 0 Å². The van der Waals surface area contributed by atoms with Crippen molar-refractivity contribution in [1.82, 2.24) is 15.8 Å². The highest BCUT2D eigenvalue weighted by Gasteiger charge is 2.54. The van der Waals surface area contributed by atoms with E-state index in [1.54, 1.807) is 0 Å². The molecule has 46 heavy (non-hydrogen) atoms. The molecule has 1 saturated heterocycles. The van der Waals surface area contributed by atoms with Crippen molar-refractivity contribution in [3.8, 4) is 5.75 Å². The van der Waals surface area contributed by atoms with Crippen LogP contribution in [0.15, 0.2) is 87.4 Å². The number of ether oxygens (including phenoxy) is 3. The van der Waals surface area contributed by atoms with Crippen molar-refractivity contribution in [2.45, 2.75) is 31.0 Å². The molecule has 2 atom stereocenters. The lowest BCUT2D eigenvalue weighted by molar-refractivity contribution is -0.130. The highest BCUT2D eigenvalue weighted by atomic mass is 79.9. The van der Waals surface area contributed by atoms with Crippen LogP contribution in [0.3, 0.4) is 0 Å². The first-order valence-corrected chi connectivity index (χ1v) is 16.1. The second kappa shape index (κ2) is 16.5. The van der Waals surface area contributed by atoms with Gasteiger partial charge in [0.25, 0.3) is 5.91 Å². The van der Waals surface area contributed by atoms with E-state index in [1.807, 2.05) is 72.8 Å². The van der Waals surface area contributed by atoms with Crippen LogP contribution in [-0.4, -0.2) is 80.0 Å². The molecule has 13 heteroatoms. The van der Waals surface area contributed by atoms with Gasteiger partial charge in [0, 0.05) is 60.6 Å². The minimum atomic E-state index is -1.44. The van der Waals surface area contributed by atoms with Crippen LogP contribution in [0, 0.1) is 0 Å². The lowest BCUT2D eigenvalue weighted by Crippen LogP contribution is -2.55. The molecule has 0 bridgehead atoms. The lowest BCUT2D eigenvalue weighted by Gasteiger charge is -2.32. The molecule has 0 saturated carbocycles. The van der Waals surface area contributed by atoms with Gasteiger partial charge in [-0.15, -0.1) is 0 Å². The average molecular weight is 693 g/mol. The third-order valence-corrected chi connectivity index (χ3v) is 8.72. The van der Waals surface area contributed by atoms with Gasteiger partial charge in [-0.2, -0.15) is 0 Å². The zero-order valence-electron chi connectivity index (χ0n) is 25.5. The van der Waals surface area contributed by atoms with Crippen LogP contribution in [0.1, 0.15) is 34.8 Å². The largest absolute Gasteiger partial charge is 0.494 e. The molecule has 0 unspecified atom stereocenters. The zero-order valence-corrected chi connectivity index (χ0v) is 27.1. The molecule has 12 nitrogen and oxygen atoms in total. The summed E-state index contributed by atoms with van der Waals surface area (Å²) < 4.78 is 18.7. The van der Waals surface area contributed by atoms with Crippen LogP contribution in [0.4, 0.5) is 0 Å².